The summed E-state index contributed by atoms with van der Waals surface area (Å²) in [4.78, 5) is 46.2. The Bertz CT molecular complexity index is 9370. The molecule has 6 aromatic heterocycles. The minimum atomic E-state index is 0.614. The number of nitrogens with zero attached hydrogens (tertiary/aromatic N) is 9. The summed E-state index contributed by atoms with van der Waals surface area (Å²) in [6.07, 6.45) is 0. The van der Waals surface area contributed by atoms with Gasteiger partial charge in [0.1, 0.15) is 11.2 Å². The lowest BCUT2D eigenvalue weighted by atomic mass is 9.90. The summed E-state index contributed by atoms with van der Waals surface area (Å²) in [6.45, 7) is 0. The van der Waals surface area contributed by atoms with Crippen molar-refractivity contribution in [3.05, 3.63) is 467 Å². The molecule has 0 amide bonds. The van der Waals surface area contributed by atoms with Gasteiger partial charge in [-0.1, -0.05) is 413 Å². The van der Waals surface area contributed by atoms with E-state index in [1.54, 1.807) is 0 Å². The maximum Gasteiger partial charge on any atom is 0.165 e. The van der Waals surface area contributed by atoms with Crippen molar-refractivity contribution >= 4 is 139 Å². The van der Waals surface area contributed by atoms with Crippen LogP contribution in [0.3, 0.4) is 0 Å². The summed E-state index contributed by atoms with van der Waals surface area (Å²) in [7, 11) is 0. The first-order chi connectivity index (χ1) is 67.9. The highest BCUT2D eigenvalue weighted by Gasteiger charge is 2.27. The smallest absolute Gasteiger partial charge is 0.165 e. The molecule has 27 rings (SSSR count). The van der Waals surface area contributed by atoms with E-state index in [4.69, 9.17) is 49.3 Å². The summed E-state index contributed by atoms with van der Waals surface area (Å²) in [5.41, 5.74) is 19.4. The van der Waals surface area contributed by atoms with Crippen molar-refractivity contribution in [2.45, 2.75) is 0 Å². The fraction of sp³-hybridized carbons (Fsp3) is 0. The molecule has 0 aliphatic carbocycles. The Balaban J connectivity index is 0.000000109. The molecule has 10 nitrogen and oxygen atoms in total. The number of thiophene rings is 2. The Morgan fingerprint density at radius 3 is 0.920 bits per heavy atom. The first kappa shape index (κ1) is 81.2. The Kier molecular flexibility index (Phi) is 20.8. The molecule has 640 valence electrons. The van der Waals surface area contributed by atoms with E-state index < -0.39 is 0 Å². The van der Waals surface area contributed by atoms with Crippen LogP contribution >= 0.6 is 22.7 Å². The zero-order valence-corrected chi connectivity index (χ0v) is 75.3. The quantitative estimate of drug-likeness (QED) is 0.110. The number of aromatic nitrogens is 9. The topological polar surface area (TPSA) is 129 Å². The van der Waals surface area contributed by atoms with Crippen LogP contribution in [0.4, 0.5) is 0 Å². The Hall–Kier alpha value is -17.8. The first-order valence-electron chi connectivity index (χ1n) is 45.8. The number of hydrogen-bond donors (Lipinski definition) is 0. The molecule has 0 aliphatic heterocycles. The van der Waals surface area contributed by atoms with Crippen molar-refractivity contribution in [2.24, 2.45) is 0 Å². The van der Waals surface area contributed by atoms with Gasteiger partial charge in [-0.15, -0.1) is 22.7 Å². The highest BCUT2D eigenvalue weighted by Crippen LogP contribution is 2.51. The average Bonchev–Trinajstić information content (AvgIpc) is 1.65. The molecule has 0 bridgehead atoms. The van der Waals surface area contributed by atoms with Crippen LogP contribution in [0.1, 0.15) is 0 Å². The number of rotatable bonds is 13. The fourth-order valence-electron chi connectivity index (χ4n) is 19.2. The van der Waals surface area contributed by atoms with Gasteiger partial charge in [0, 0.05) is 101 Å². The van der Waals surface area contributed by atoms with Gasteiger partial charge in [0.15, 0.2) is 52.4 Å². The van der Waals surface area contributed by atoms with Crippen molar-refractivity contribution in [1.29, 1.82) is 0 Å². The molecule has 0 atom stereocenters. The van der Waals surface area contributed by atoms with E-state index in [-0.39, 0.29) is 0 Å². The molecule has 0 radical (unpaired) electrons. The molecule has 0 N–H and O–H groups in total. The second-order valence-corrected chi connectivity index (χ2v) is 36.3. The molecule has 0 saturated heterocycles. The monoisotopic (exact) mass is 1780 g/mol. The summed E-state index contributed by atoms with van der Waals surface area (Å²) < 4.78 is 11.5. The third-order valence-corrected chi connectivity index (χ3v) is 28.0. The van der Waals surface area contributed by atoms with Gasteiger partial charge >= 0.3 is 0 Å². The Labute approximate surface area is 796 Å². The summed E-state index contributed by atoms with van der Waals surface area (Å²) >= 11 is 3.69. The van der Waals surface area contributed by atoms with Crippen LogP contribution in [0.25, 0.3) is 263 Å². The van der Waals surface area contributed by atoms with E-state index >= 15 is 0 Å². The third kappa shape index (κ3) is 15.4. The second kappa shape index (κ2) is 35.1. The van der Waals surface area contributed by atoms with Gasteiger partial charge in [0.05, 0.1) is 0 Å². The van der Waals surface area contributed by atoms with Gasteiger partial charge in [-0.3, -0.25) is 0 Å². The van der Waals surface area contributed by atoms with Crippen LogP contribution in [-0.4, -0.2) is 44.9 Å². The van der Waals surface area contributed by atoms with E-state index in [9.17, 15) is 0 Å². The van der Waals surface area contributed by atoms with E-state index in [1.165, 1.54) is 89.4 Å². The molecule has 12 heteroatoms. The Morgan fingerprint density at radius 1 is 0.146 bits per heavy atom. The molecule has 21 aromatic carbocycles. The van der Waals surface area contributed by atoms with Crippen LogP contribution < -0.4 is 0 Å². The minimum absolute atomic E-state index is 0.614. The minimum Gasteiger partial charge on any atom is -0.456 e. The zero-order chi connectivity index (χ0) is 90.6. The molecule has 137 heavy (non-hydrogen) atoms. The normalized spacial score (nSPS) is 11.5. The first-order valence-corrected chi connectivity index (χ1v) is 47.4. The molecule has 6 heterocycles. The summed E-state index contributed by atoms with van der Waals surface area (Å²) in [5.74, 6) is 5.77. The molecular formula is C125H77N9OS2. The van der Waals surface area contributed by atoms with Crippen molar-refractivity contribution in [3.63, 3.8) is 0 Å². The van der Waals surface area contributed by atoms with Gasteiger partial charge in [0.25, 0.3) is 0 Å². The van der Waals surface area contributed by atoms with Crippen LogP contribution in [0.2, 0.25) is 0 Å². The molecule has 0 unspecified atom stereocenters. The number of para-hydroxylation sites is 1. The number of benzene rings is 21. The van der Waals surface area contributed by atoms with E-state index in [0.29, 0.717) is 52.4 Å². The molecular weight excluding hydrogens is 1710 g/mol. The predicted molar refractivity (Wildman–Crippen MR) is 571 cm³/mol. The maximum absolute atomic E-state index is 6.38. The standard InChI is InChI=1S/C43H27N3S.C41H25N3O.C41H25N3S/c1-3-14-28(15-4-1)30-19-13-20-32(26-30)42-44-41(29-16-5-2-6-17-29)45-43(46-42)35-23-10-9-22-34(35)39-33-21-8-7-18-31(33)27-38-40(39)36-24-11-12-25-37(36)47-38;1-2-10-26(11-3-1)28-18-21-29(22-19-28)39-42-40(32-23-20-27-12-4-5-13-30(27)24-32)44-41(43-39)38-33-15-7-6-14-31(33)25-36-37(38)34-16-8-9-17-35(34)45-36;1-2-13-27(14-3-1)39-42-40(30-23-22-26-12-4-5-15-28(26)24-30)44-41(43-39)33-19-9-8-18-32(33)37-31-17-7-6-16-29(31)25-36-38(37)34-20-10-11-21-35(34)45-36/h1-27H;2*1-25H. The highest BCUT2D eigenvalue weighted by molar-refractivity contribution is 7.26. The number of furan rings is 1. The lowest BCUT2D eigenvalue weighted by Gasteiger charge is -2.15. The summed E-state index contributed by atoms with van der Waals surface area (Å²) in [6, 6.07) is 163. The average molecular weight is 1790 g/mol. The Morgan fingerprint density at radius 2 is 0.445 bits per heavy atom. The van der Waals surface area contributed by atoms with Crippen molar-refractivity contribution in [3.8, 4) is 147 Å². The maximum atomic E-state index is 6.38. The largest absolute Gasteiger partial charge is 0.456 e. The lowest BCUT2D eigenvalue weighted by molar-refractivity contribution is 0.669. The zero-order valence-electron chi connectivity index (χ0n) is 73.7. The van der Waals surface area contributed by atoms with Crippen LogP contribution in [-0.2, 0) is 0 Å². The molecule has 0 spiro atoms. The lowest BCUT2D eigenvalue weighted by Crippen LogP contribution is -2.01. The van der Waals surface area contributed by atoms with Gasteiger partial charge in [-0.25, -0.2) is 44.9 Å². The van der Waals surface area contributed by atoms with Crippen molar-refractivity contribution in [1.82, 2.24) is 44.9 Å². The SMILES string of the molecule is c1ccc(-c2ccc(-c3nc(-c4ccc5ccccc5c4)nc(-c4c5ccccc5cc5oc6ccccc6c45)n3)cc2)cc1.c1ccc(-c2cccc(-c3nc(-c4ccccc4)nc(-c4ccccc4-c4c5ccccc5cc5sc6ccccc6c45)n3)c2)cc1.c1ccc(-c2nc(-c3ccc4ccccc4c3)nc(-c3ccccc3-c3c4ccccc4cc4sc5ccccc5c34)n2)cc1. The number of fused-ring (bicyclic) bond motifs is 14. The predicted octanol–water partition coefficient (Wildman–Crippen LogP) is 33.7. The molecule has 27 aromatic rings. The van der Waals surface area contributed by atoms with Gasteiger partial charge in [0.2, 0.25) is 0 Å². The molecule has 0 aliphatic rings. The number of hydrogen-bond acceptors (Lipinski definition) is 12. The van der Waals surface area contributed by atoms with E-state index in [2.05, 4.69) is 394 Å². The van der Waals surface area contributed by atoms with Crippen molar-refractivity contribution in [2.75, 3.05) is 0 Å². The van der Waals surface area contributed by atoms with Gasteiger partial charge in [-0.2, -0.15) is 0 Å². The van der Waals surface area contributed by atoms with E-state index in [0.717, 1.165) is 121 Å². The van der Waals surface area contributed by atoms with Crippen molar-refractivity contribution < 1.29 is 4.42 Å². The summed E-state index contributed by atoms with van der Waals surface area (Å²) in [5, 5.41) is 18.8. The molecule has 0 fully saturated rings. The highest BCUT2D eigenvalue weighted by atomic mass is 32.1. The molecule has 0 saturated carbocycles. The fourth-order valence-corrected chi connectivity index (χ4v) is 21.6. The third-order valence-electron chi connectivity index (χ3n) is 25.7. The van der Waals surface area contributed by atoms with Crippen LogP contribution in [0.5, 0.6) is 0 Å². The van der Waals surface area contributed by atoms with Crippen LogP contribution in [0.15, 0.2) is 472 Å². The second-order valence-electron chi connectivity index (χ2n) is 34.1. The van der Waals surface area contributed by atoms with Gasteiger partial charge in [-0.05, 0) is 153 Å². The van der Waals surface area contributed by atoms with Gasteiger partial charge < -0.3 is 4.42 Å². The van der Waals surface area contributed by atoms with E-state index in [1.807, 2.05) is 95.5 Å². The van der Waals surface area contributed by atoms with Crippen LogP contribution in [0, 0.1) is 0 Å².